The molecule has 2 N–H and O–H groups in total. The van der Waals surface area contributed by atoms with Crippen LogP contribution in [0.3, 0.4) is 0 Å². The number of thiophene rings is 1. The Balaban J connectivity index is 1.65. The number of hydrogen-bond acceptors (Lipinski definition) is 5. The number of nitrogens with one attached hydrogen (secondary N) is 2. The average molecular weight is 374 g/mol. The van der Waals surface area contributed by atoms with E-state index in [0.29, 0.717) is 17.2 Å². The number of carbonyl (C=O) groups excluding carboxylic acids is 2. The van der Waals surface area contributed by atoms with Crippen LogP contribution in [0.1, 0.15) is 23.7 Å². The largest absolute Gasteiger partial charge is 0.359 e. The smallest absolute Gasteiger partial charge is 0.228 e. The van der Waals surface area contributed by atoms with E-state index >= 15 is 0 Å². The second kappa shape index (κ2) is 8.09. The minimum atomic E-state index is -0.106. The van der Waals surface area contributed by atoms with E-state index in [1.165, 1.54) is 11.3 Å². The van der Waals surface area contributed by atoms with Gasteiger partial charge in [0.1, 0.15) is 0 Å². The Bertz CT molecular complexity index is 791. The molecule has 3 aromatic rings. The van der Waals surface area contributed by atoms with Gasteiger partial charge in [-0.25, -0.2) is 4.98 Å². The van der Waals surface area contributed by atoms with E-state index in [-0.39, 0.29) is 24.3 Å². The second-order valence-electron chi connectivity index (χ2n) is 5.45. The fourth-order valence-electron chi connectivity index (χ4n) is 2.46. The lowest BCUT2D eigenvalue weighted by molar-refractivity contribution is -0.120. The Kier molecular flexibility index (Phi) is 5.62. The zero-order chi connectivity index (χ0) is 17.6. The van der Waals surface area contributed by atoms with Crippen LogP contribution < -0.4 is 10.6 Å². The van der Waals surface area contributed by atoms with E-state index in [2.05, 4.69) is 21.0 Å². The molecule has 0 unspecified atom stereocenters. The molecule has 0 aliphatic heterocycles. The highest BCUT2D eigenvalue weighted by molar-refractivity contribution is 7.14. The van der Waals surface area contributed by atoms with Gasteiger partial charge in [0.25, 0.3) is 0 Å². The molecule has 0 aromatic carbocycles. The summed E-state index contributed by atoms with van der Waals surface area (Å²) < 4.78 is 2.03. The maximum atomic E-state index is 12.5. The van der Waals surface area contributed by atoms with E-state index in [0.717, 1.165) is 5.56 Å². The van der Waals surface area contributed by atoms with Gasteiger partial charge < -0.3 is 15.2 Å². The van der Waals surface area contributed by atoms with Crippen molar-refractivity contribution in [1.82, 2.24) is 14.9 Å². The molecule has 0 aliphatic rings. The first-order chi connectivity index (χ1) is 12.2. The van der Waals surface area contributed by atoms with Crippen LogP contribution in [0.25, 0.3) is 0 Å². The van der Waals surface area contributed by atoms with E-state index in [4.69, 9.17) is 0 Å². The van der Waals surface area contributed by atoms with Crippen LogP contribution in [0.15, 0.2) is 46.7 Å². The lowest BCUT2D eigenvalue weighted by Gasteiger charge is -2.17. The Hall–Kier alpha value is -2.45. The van der Waals surface area contributed by atoms with Gasteiger partial charge in [0.2, 0.25) is 11.8 Å². The molecule has 25 heavy (non-hydrogen) atoms. The standard InChI is InChI=1S/C17H18N4O2S2/c1-18-15(22)8-13-11-25-17(19-13)20-16(23)9-14(12-4-7-24-10-12)21-5-2-3-6-21/h2-7,10-11,14H,8-9H2,1H3,(H,18,22)(H,19,20,23)/t14-/m0/s1. The number of nitrogens with zero attached hydrogens (tertiary/aromatic N) is 2. The number of carbonyl (C=O) groups is 2. The number of thiazole rings is 1. The maximum absolute atomic E-state index is 12.5. The Morgan fingerprint density at radius 3 is 2.72 bits per heavy atom. The SMILES string of the molecule is CNC(=O)Cc1csc(NC(=O)C[C@@H](c2ccsc2)n2cccc2)n1. The molecule has 0 bridgehead atoms. The number of likely N-dealkylation sites (N-methyl/N-ethyl adjacent to an activating group) is 1. The summed E-state index contributed by atoms with van der Waals surface area (Å²) in [5.74, 6) is -0.209. The van der Waals surface area contributed by atoms with Gasteiger partial charge in [-0.05, 0) is 34.5 Å². The third-order valence-electron chi connectivity index (χ3n) is 3.71. The van der Waals surface area contributed by atoms with Gasteiger partial charge in [-0.3, -0.25) is 9.59 Å². The highest BCUT2D eigenvalue weighted by atomic mass is 32.1. The van der Waals surface area contributed by atoms with Crippen molar-refractivity contribution in [2.45, 2.75) is 18.9 Å². The van der Waals surface area contributed by atoms with Crippen molar-refractivity contribution < 1.29 is 9.59 Å². The predicted molar refractivity (Wildman–Crippen MR) is 100 cm³/mol. The Morgan fingerprint density at radius 2 is 2.04 bits per heavy atom. The van der Waals surface area contributed by atoms with Gasteiger partial charge in [-0.2, -0.15) is 11.3 Å². The van der Waals surface area contributed by atoms with Crippen molar-refractivity contribution in [2.75, 3.05) is 12.4 Å². The summed E-state index contributed by atoms with van der Waals surface area (Å²) >= 11 is 2.94. The Labute approximate surface area is 153 Å². The van der Waals surface area contributed by atoms with E-state index in [9.17, 15) is 9.59 Å². The lowest BCUT2D eigenvalue weighted by Crippen LogP contribution is -2.20. The molecule has 3 heterocycles. The first kappa shape index (κ1) is 17.4. The molecule has 8 heteroatoms. The molecular weight excluding hydrogens is 356 g/mol. The fourth-order valence-corrected chi connectivity index (χ4v) is 3.89. The molecule has 2 amide bonds. The topological polar surface area (TPSA) is 76.0 Å². The molecule has 3 rings (SSSR count). The molecule has 3 aromatic heterocycles. The van der Waals surface area contributed by atoms with Gasteiger partial charge in [-0.1, -0.05) is 0 Å². The molecule has 0 spiro atoms. The summed E-state index contributed by atoms with van der Waals surface area (Å²) in [6, 6.07) is 5.88. The summed E-state index contributed by atoms with van der Waals surface area (Å²) in [6.45, 7) is 0. The van der Waals surface area contributed by atoms with Gasteiger partial charge in [0.15, 0.2) is 5.13 Å². The number of aromatic nitrogens is 2. The van der Waals surface area contributed by atoms with Crippen LogP contribution in [0.4, 0.5) is 5.13 Å². The summed E-state index contributed by atoms with van der Waals surface area (Å²) in [5, 5.41) is 11.8. The van der Waals surface area contributed by atoms with Crippen LogP contribution >= 0.6 is 22.7 Å². The zero-order valence-corrected chi connectivity index (χ0v) is 15.3. The molecule has 6 nitrogen and oxygen atoms in total. The molecule has 1 atom stereocenters. The lowest BCUT2D eigenvalue weighted by atomic mass is 10.1. The molecular formula is C17H18N4O2S2. The van der Waals surface area contributed by atoms with Crippen molar-refractivity contribution in [2.24, 2.45) is 0 Å². The van der Waals surface area contributed by atoms with Crippen molar-refractivity contribution in [1.29, 1.82) is 0 Å². The summed E-state index contributed by atoms with van der Waals surface area (Å²) in [5.41, 5.74) is 1.76. The first-order valence-electron chi connectivity index (χ1n) is 7.75. The fraction of sp³-hybridized carbons (Fsp3) is 0.235. The van der Waals surface area contributed by atoms with Crippen LogP contribution in [-0.2, 0) is 16.0 Å². The van der Waals surface area contributed by atoms with Crippen LogP contribution in [0, 0.1) is 0 Å². The number of amides is 2. The van der Waals surface area contributed by atoms with Crippen molar-refractivity contribution >= 4 is 39.6 Å². The minimum Gasteiger partial charge on any atom is -0.359 e. The maximum Gasteiger partial charge on any atom is 0.228 e. The second-order valence-corrected chi connectivity index (χ2v) is 7.09. The monoisotopic (exact) mass is 374 g/mol. The average Bonchev–Trinajstić information content (AvgIpc) is 3.35. The van der Waals surface area contributed by atoms with Crippen molar-refractivity contribution in [3.8, 4) is 0 Å². The molecule has 0 aliphatic carbocycles. The van der Waals surface area contributed by atoms with Crippen molar-refractivity contribution in [3.05, 3.63) is 58.0 Å². The molecule has 0 saturated carbocycles. The molecule has 0 fully saturated rings. The number of hydrogen-bond donors (Lipinski definition) is 2. The van der Waals surface area contributed by atoms with Gasteiger partial charge in [0, 0.05) is 24.8 Å². The predicted octanol–water partition coefficient (Wildman–Crippen LogP) is 2.91. The van der Waals surface area contributed by atoms with Gasteiger partial charge >= 0.3 is 0 Å². The quantitative estimate of drug-likeness (QED) is 0.668. The van der Waals surface area contributed by atoms with Crippen LogP contribution in [-0.4, -0.2) is 28.4 Å². The highest BCUT2D eigenvalue weighted by Crippen LogP contribution is 2.25. The molecule has 0 radical (unpaired) electrons. The van der Waals surface area contributed by atoms with Gasteiger partial charge in [0.05, 0.1) is 24.6 Å². The third-order valence-corrected chi connectivity index (χ3v) is 5.22. The van der Waals surface area contributed by atoms with Crippen LogP contribution in [0.2, 0.25) is 0 Å². The summed E-state index contributed by atoms with van der Waals surface area (Å²) in [6.07, 6.45) is 4.44. The van der Waals surface area contributed by atoms with Crippen molar-refractivity contribution in [3.63, 3.8) is 0 Å². The van der Waals surface area contributed by atoms with Crippen LogP contribution in [0.5, 0.6) is 0 Å². The van der Waals surface area contributed by atoms with E-state index in [1.54, 1.807) is 23.8 Å². The van der Waals surface area contributed by atoms with E-state index < -0.39 is 0 Å². The zero-order valence-electron chi connectivity index (χ0n) is 13.6. The normalized spacial score (nSPS) is 11.9. The summed E-state index contributed by atoms with van der Waals surface area (Å²) in [4.78, 5) is 28.1. The minimum absolute atomic E-state index is 0.0495. The Morgan fingerprint density at radius 1 is 1.24 bits per heavy atom. The highest BCUT2D eigenvalue weighted by Gasteiger charge is 2.18. The summed E-state index contributed by atoms with van der Waals surface area (Å²) in [7, 11) is 1.59. The first-order valence-corrected chi connectivity index (χ1v) is 9.57. The number of rotatable bonds is 7. The number of anilines is 1. The molecule has 130 valence electrons. The van der Waals surface area contributed by atoms with Gasteiger partial charge in [-0.15, -0.1) is 11.3 Å². The third kappa shape index (κ3) is 4.55. The van der Waals surface area contributed by atoms with E-state index in [1.807, 2.05) is 40.5 Å². The molecule has 0 saturated heterocycles.